The van der Waals surface area contributed by atoms with Crippen molar-refractivity contribution in [1.82, 2.24) is 0 Å². The number of halogens is 2. The van der Waals surface area contributed by atoms with Gasteiger partial charge in [0.1, 0.15) is 12.3 Å². The van der Waals surface area contributed by atoms with Crippen molar-refractivity contribution >= 4 is 17.9 Å². The predicted molar refractivity (Wildman–Crippen MR) is 123 cm³/mol. The monoisotopic (exact) mass is 508 g/mol. The summed E-state index contributed by atoms with van der Waals surface area (Å²) in [5, 5.41) is 21.9. The second-order valence-electron chi connectivity index (χ2n) is 11.9. The molecule has 0 aromatic heterocycles. The maximum absolute atomic E-state index is 17.3. The third kappa shape index (κ3) is 3.07. The Kier molecular flexibility index (Phi) is 5.71. The molecular weight excluding hydrogens is 474 g/mol. The van der Waals surface area contributed by atoms with Crippen molar-refractivity contribution in [2.45, 2.75) is 95.4 Å². The Morgan fingerprint density at radius 1 is 1.14 bits per heavy atom. The lowest BCUT2D eigenvalue weighted by molar-refractivity contribution is -0.232. The zero-order chi connectivity index (χ0) is 26.3. The Morgan fingerprint density at radius 3 is 2.44 bits per heavy atom. The van der Waals surface area contributed by atoms with E-state index in [1.807, 2.05) is 0 Å². The number of carboxylic acids is 1. The molecule has 9 heteroatoms. The van der Waals surface area contributed by atoms with Gasteiger partial charge in [-0.05, 0) is 75.5 Å². The van der Waals surface area contributed by atoms with E-state index in [-0.39, 0.29) is 30.9 Å². The zero-order valence-electron chi connectivity index (χ0n) is 20.8. The normalized spacial score (nSPS) is 48.0. The third-order valence-electron chi connectivity index (χ3n) is 10.3. The summed E-state index contributed by atoms with van der Waals surface area (Å²) in [6.07, 6.45) is 1.66. The van der Waals surface area contributed by atoms with Gasteiger partial charge in [-0.2, -0.15) is 0 Å². The molecule has 5 rings (SSSR count). The number of carbonyl (C=O) groups is 3. The number of ketones is 1. The number of ether oxygens (including phenoxy) is 2. The number of fused-ring (bicyclic) bond motifs is 5. The largest absolute Gasteiger partial charge is 0.509 e. The molecule has 4 saturated carbocycles. The van der Waals surface area contributed by atoms with Crippen LogP contribution in [0, 0.1) is 28.6 Å². The summed E-state index contributed by atoms with van der Waals surface area (Å²) in [7, 11) is 0. The van der Waals surface area contributed by atoms with Gasteiger partial charge in [-0.1, -0.05) is 19.9 Å². The first-order chi connectivity index (χ1) is 16.8. The van der Waals surface area contributed by atoms with Crippen LogP contribution in [-0.2, 0) is 19.1 Å². The first kappa shape index (κ1) is 25.4. The molecule has 0 aliphatic heterocycles. The van der Waals surface area contributed by atoms with Crippen LogP contribution in [0.2, 0.25) is 0 Å². The minimum Gasteiger partial charge on any atom is -0.478 e. The van der Waals surface area contributed by atoms with Gasteiger partial charge in [0.15, 0.2) is 11.5 Å². The molecule has 0 bridgehead atoms. The van der Waals surface area contributed by atoms with Crippen LogP contribution in [0.3, 0.4) is 0 Å². The number of aliphatic hydroxyl groups excluding tert-OH is 1. The molecule has 2 N–H and O–H groups in total. The van der Waals surface area contributed by atoms with E-state index in [1.165, 1.54) is 19.1 Å². The highest BCUT2D eigenvalue weighted by atomic mass is 19.1. The molecule has 198 valence electrons. The molecule has 5 aliphatic carbocycles. The van der Waals surface area contributed by atoms with Crippen LogP contribution in [0.25, 0.3) is 0 Å². The van der Waals surface area contributed by atoms with Gasteiger partial charge in [0.05, 0.1) is 6.10 Å². The Bertz CT molecular complexity index is 1050. The summed E-state index contributed by atoms with van der Waals surface area (Å²) in [4.78, 5) is 37.7. The van der Waals surface area contributed by atoms with Crippen molar-refractivity contribution in [1.29, 1.82) is 0 Å². The molecule has 5 aliphatic rings. The van der Waals surface area contributed by atoms with Crippen molar-refractivity contribution in [2.24, 2.45) is 28.6 Å². The van der Waals surface area contributed by atoms with Gasteiger partial charge in [0.25, 0.3) is 0 Å². The van der Waals surface area contributed by atoms with Crippen LogP contribution in [0.15, 0.2) is 23.8 Å². The average Bonchev–Trinajstić information content (AvgIpc) is 3.38. The molecule has 0 heterocycles. The number of aliphatic carboxylic acids is 1. The molecule has 0 amide bonds. The molecule has 0 aromatic carbocycles. The Balaban J connectivity index is 1.55. The number of hydrogen-bond donors (Lipinski definition) is 2. The van der Waals surface area contributed by atoms with Gasteiger partial charge in [-0.3, -0.25) is 4.79 Å². The van der Waals surface area contributed by atoms with Crippen LogP contribution in [0.1, 0.15) is 65.7 Å². The zero-order valence-corrected chi connectivity index (χ0v) is 20.8. The summed E-state index contributed by atoms with van der Waals surface area (Å²) < 4.78 is 43.9. The fourth-order valence-electron chi connectivity index (χ4n) is 8.54. The number of carboxylic acid groups (broad SMARTS) is 1. The van der Waals surface area contributed by atoms with E-state index in [1.54, 1.807) is 13.8 Å². The van der Waals surface area contributed by atoms with Crippen LogP contribution < -0.4 is 0 Å². The quantitative estimate of drug-likeness (QED) is 0.541. The summed E-state index contributed by atoms with van der Waals surface area (Å²) >= 11 is 0. The summed E-state index contributed by atoms with van der Waals surface area (Å²) in [5.74, 6) is -4.30. The maximum Gasteiger partial charge on any atom is 0.509 e. The molecular formula is C27H34F2O7. The van der Waals surface area contributed by atoms with E-state index >= 15 is 8.78 Å². The Labute approximate surface area is 208 Å². The molecule has 36 heavy (non-hydrogen) atoms. The highest BCUT2D eigenvalue weighted by Gasteiger charge is 2.78. The van der Waals surface area contributed by atoms with Gasteiger partial charge in [-0.25, -0.2) is 18.4 Å². The lowest BCUT2D eigenvalue weighted by Crippen LogP contribution is -2.71. The Hall–Kier alpha value is -2.29. The molecule has 0 unspecified atom stereocenters. The fourth-order valence-corrected chi connectivity index (χ4v) is 8.54. The highest BCUT2D eigenvalue weighted by molar-refractivity contribution is 6.01. The van der Waals surface area contributed by atoms with Crippen molar-refractivity contribution in [3.05, 3.63) is 23.8 Å². The van der Waals surface area contributed by atoms with Crippen LogP contribution in [-0.4, -0.2) is 57.8 Å². The molecule has 0 saturated heterocycles. The second-order valence-corrected chi connectivity index (χ2v) is 11.9. The molecule has 0 aromatic rings. The first-order valence-corrected chi connectivity index (χ1v) is 12.9. The average molecular weight is 509 g/mol. The summed E-state index contributed by atoms with van der Waals surface area (Å²) in [6, 6.07) is 0. The van der Waals surface area contributed by atoms with Crippen LogP contribution in [0.4, 0.5) is 13.6 Å². The van der Waals surface area contributed by atoms with Crippen molar-refractivity contribution in [3.8, 4) is 0 Å². The van der Waals surface area contributed by atoms with E-state index in [0.717, 1.165) is 18.9 Å². The second kappa shape index (κ2) is 8.10. The molecule has 4 fully saturated rings. The van der Waals surface area contributed by atoms with Gasteiger partial charge < -0.3 is 19.7 Å². The highest BCUT2D eigenvalue weighted by Crippen LogP contribution is 2.71. The van der Waals surface area contributed by atoms with Crippen molar-refractivity contribution in [3.63, 3.8) is 0 Å². The van der Waals surface area contributed by atoms with E-state index in [2.05, 4.69) is 0 Å². The van der Waals surface area contributed by atoms with Crippen LogP contribution >= 0.6 is 0 Å². The number of aliphatic hydroxyl groups is 1. The predicted octanol–water partition coefficient (Wildman–Crippen LogP) is 4.47. The molecule has 0 radical (unpaired) electrons. The molecule has 9 atom stereocenters. The fraction of sp³-hybridized carbons (Fsp3) is 0.741. The van der Waals surface area contributed by atoms with Crippen molar-refractivity contribution in [2.75, 3.05) is 0 Å². The van der Waals surface area contributed by atoms with Gasteiger partial charge in [0, 0.05) is 22.7 Å². The molecule has 7 nitrogen and oxygen atoms in total. The minimum atomic E-state index is -2.33. The number of rotatable bonds is 3. The topological polar surface area (TPSA) is 110 Å². The number of carbonyl (C=O) groups excluding carboxylic acids is 2. The number of allylic oxidation sites excluding steroid dienone is 4. The SMILES string of the molecule is C[C@@H]1C[C@H]2[C@@H]3C[C@H](F)C4=CC(=O)C=C[C@]4(C)[C@@]3(F)[C@@H](O)C[C@]2(C)[C@@]1(OC(=O)OC1CCCC1)C(=O)O. The summed E-state index contributed by atoms with van der Waals surface area (Å²) in [6.45, 7) is 4.72. The Morgan fingerprint density at radius 2 is 1.81 bits per heavy atom. The number of alkyl halides is 2. The first-order valence-electron chi connectivity index (χ1n) is 12.9. The van der Waals surface area contributed by atoms with E-state index in [4.69, 9.17) is 9.47 Å². The third-order valence-corrected chi connectivity index (χ3v) is 10.3. The minimum absolute atomic E-state index is 0.00309. The van der Waals surface area contributed by atoms with Gasteiger partial charge in [-0.15, -0.1) is 0 Å². The smallest absolute Gasteiger partial charge is 0.478 e. The van der Waals surface area contributed by atoms with E-state index in [9.17, 15) is 24.6 Å². The van der Waals surface area contributed by atoms with Crippen molar-refractivity contribution < 1.29 is 42.9 Å². The van der Waals surface area contributed by atoms with E-state index < -0.39 is 70.0 Å². The molecule has 0 spiro atoms. The standard InChI is InChI=1S/C27H34F2O7/c1-14-10-17-18-12-20(28)19-11-15(30)8-9-24(19,2)26(18,29)21(31)13-25(17,3)27(14,22(32)33)36-23(34)35-16-6-4-5-7-16/h8-9,11,14,16-18,20-21,31H,4-7,10,12-13H2,1-3H3,(H,32,33)/t14-,17+,18+,20+,21+,24+,25+,26+,27+/m1/s1. The van der Waals surface area contributed by atoms with Crippen LogP contribution in [0.5, 0.6) is 0 Å². The van der Waals surface area contributed by atoms with Gasteiger partial charge >= 0.3 is 12.1 Å². The lowest BCUT2D eigenvalue weighted by atomic mass is 9.44. The maximum atomic E-state index is 17.3. The lowest BCUT2D eigenvalue weighted by Gasteiger charge is -2.62. The van der Waals surface area contributed by atoms with Gasteiger partial charge in [0.2, 0.25) is 5.60 Å². The number of hydrogen-bond acceptors (Lipinski definition) is 6. The summed E-state index contributed by atoms with van der Waals surface area (Å²) in [5.41, 5.74) is -7.34. The van der Waals surface area contributed by atoms with E-state index in [0.29, 0.717) is 12.8 Å².